The summed E-state index contributed by atoms with van der Waals surface area (Å²) in [5.41, 5.74) is 2.63. The SMILES string of the molecule is CC(C)COC(=O)C1CCc2cc(S(=O)(=O)Nc3ccc4oc5ccccc5c4c3)ccc2O1. The van der Waals surface area contributed by atoms with Crippen molar-refractivity contribution in [2.75, 3.05) is 11.3 Å². The van der Waals surface area contributed by atoms with Crippen LogP contribution in [0.4, 0.5) is 5.69 Å². The number of hydrogen-bond donors (Lipinski definition) is 1. The Morgan fingerprint density at radius 2 is 1.85 bits per heavy atom. The van der Waals surface area contributed by atoms with E-state index in [9.17, 15) is 13.2 Å². The number of ether oxygens (including phenoxy) is 2. The Morgan fingerprint density at radius 1 is 1.06 bits per heavy atom. The van der Waals surface area contributed by atoms with Crippen LogP contribution in [-0.4, -0.2) is 27.1 Å². The number of rotatable bonds is 6. The van der Waals surface area contributed by atoms with Gasteiger partial charge in [0.05, 0.1) is 11.5 Å². The predicted molar refractivity (Wildman–Crippen MR) is 130 cm³/mol. The molecule has 0 spiro atoms. The van der Waals surface area contributed by atoms with Crippen molar-refractivity contribution in [3.05, 3.63) is 66.2 Å². The van der Waals surface area contributed by atoms with Gasteiger partial charge < -0.3 is 13.9 Å². The molecule has 1 aliphatic heterocycles. The number of anilines is 1. The molecule has 1 atom stereocenters. The van der Waals surface area contributed by atoms with E-state index in [4.69, 9.17) is 13.9 Å². The molecule has 3 aromatic carbocycles. The Labute approximate surface area is 197 Å². The molecule has 1 aromatic heterocycles. The predicted octanol–water partition coefficient (Wildman–Crippen LogP) is 5.28. The van der Waals surface area contributed by atoms with Crippen molar-refractivity contribution in [2.45, 2.75) is 37.7 Å². The quantitative estimate of drug-likeness (QED) is 0.378. The smallest absolute Gasteiger partial charge is 0.347 e. The number of benzene rings is 3. The fourth-order valence-electron chi connectivity index (χ4n) is 4.04. The lowest BCUT2D eigenvalue weighted by Gasteiger charge is -2.25. The van der Waals surface area contributed by atoms with Crippen LogP contribution in [-0.2, 0) is 26.0 Å². The first-order chi connectivity index (χ1) is 16.3. The number of fused-ring (bicyclic) bond motifs is 4. The fourth-order valence-corrected chi connectivity index (χ4v) is 5.14. The summed E-state index contributed by atoms with van der Waals surface area (Å²) in [4.78, 5) is 12.4. The summed E-state index contributed by atoms with van der Waals surface area (Å²) in [6.45, 7) is 4.28. The highest BCUT2D eigenvalue weighted by Gasteiger charge is 2.29. The van der Waals surface area contributed by atoms with Gasteiger partial charge in [0, 0.05) is 16.5 Å². The van der Waals surface area contributed by atoms with Crippen LogP contribution in [0.25, 0.3) is 21.9 Å². The number of nitrogens with one attached hydrogen (secondary N) is 1. The first kappa shape index (κ1) is 22.3. The highest BCUT2D eigenvalue weighted by Crippen LogP contribution is 2.33. The maximum atomic E-state index is 13.1. The summed E-state index contributed by atoms with van der Waals surface area (Å²) in [6.07, 6.45) is 0.279. The number of para-hydroxylation sites is 1. The number of furan rings is 1. The first-order valence-electron chi connectivity index (χ1n) is 11.2. The molecule has 4 aromatic rings. The fraction of sp³-hybridized carbons (Fsp3) is 0.269. The van der Waals surface area contributed by atoms with Crippen LogP contribution in [0.3, 0.4) is 0 Å². The van der Waals surface area contributed by atoms with Gasteiger partial charge in [0.1, 0.15) is 16.9 Å². The van der Waals surface area contributed by atoms with Crippen molar-refractivity contribution in [2.24, 2.45) is 5.92 Å². The Morgan fingerprint density at radius 3 is 2.68 bits per heavy atom. The number of carbonyl (C=O) groups is 1. The topological polar surface area (TPSA) is 94.8 Å². The third-order valence-electron chi connectivity index (χ3n) is 5.74. The minimum absolute atomic E-state index is 0.132. The highest BCUT2D eigenvalue weighted by atomic mass is 32.2. The third-order valence-corrected chi connectivity index (χ3v) is 7.12. The van der Waals surface area contributed by atoms with E-state index in [0.717, 1.165) is 21.9 Å². The molecule has 2 heterocycles. The minimum Gasteiger partial charge on any atom is -0.478 e. The molecule has 0 bridgehead atoms. The number of esters is 1. The van der Waals surface area contributed by atoms with Gasteiger partial charge >= 0.3 is 5.97 Å². The second kappa shape index (κ2) is 8.68. The van der Waals surface area contributed by atoms with Crippen LogP contribution in [0.15, 0.2) is 70.0 Å². The average Bonchev–Trinajstić information content (AvgIpc) is 3.19. The Balaban J connectivity index is 1.35. The van der Waals surface area contributed by atoms with E-state index in [1.807, 2.05) is 38.1 Å². The molecule has 0 radical (unpaired) electrons. The molecule has 0 fully saturated rings. The summed E-state index contributed by atoms with van der Waals surface area (Å²) in [5.74, 6) is 0.357. The van der Waals surface area contributed by atoms with Crippen molar-refractivity contribution in [1.82, 2.24) is 0 Å². The van der Waals surface area contributed by atoms with E-state index >= 15 is 0 Å². The molecule has 1 unspecified atom stereocenters. The molecule has 0 amide bonds. The van der Waals surface area contributed by atoms with Crippen molar-refractivity contribution in [3.8, 4) is 5.75 Å². The van der Waals surface area contributed by atoms with Gasteiger partial charge in [-0.15, -0.1) is 0 Å². The van der Waals surface area contributed by atoms with E-state index in [2.05, 4.69) is 4.72 Å². The van der Waals surface area contributed by atoms with Crippen LogP contribution >= 0.6 is 0 Å². The van der Waals surface area contributed by atoms with E-state index in [0.29, 0.717) is 36.5 Å². The zero-order valence-electron chi connectivity index (χ0n) is 18.9. The van der Waals surface area contributed by atoms with E-state index in [1.165, 1.54) is 6.07 Å². The van der Waals surface area contributed by atoms with Gasteiger partial charge in [-0.1, -0.05) is 32.0 Å². The van der Waals surface area contributed by atoms with Gasteiger partial charge in [-0.25, -0.2) is 13.2 Å². The maximum Gasteiger partial charge on any atom is 0.347 e. The molecule has 0 saturated heterocycles. The summed E-state index contributed by atoms with van der Waals surface area (Å²) < 4.78 is 45.7. The van der Waals surface area contributed by atoms with Crippen molar-refractivity contribution in [3.63, 3.8) is 0 Å². The second-order valence-electron chi connectivity index (χ2n) is 8.85. The Kier molecular flexibility index (Phi) is 5.69. The normalized spacial score (nSPS) is 15.8. The van der Waals surface area contributed by atoms with Gasteiger partial charge in [-0.3, -0.25) is 4.72 Å². The first-order valence-corrected chi connectivity index (χ1v) is 12.7. The zero-order valence-corrected chi connectivity index (χ0v) is 19.7. The van der Waals surface area contributed by atoms with Gasteiger partial charge in [0.15, 0.2) is 6.10 Å². The Hall–Kier alpha value is -3.52. The zero-order chi connectivity index (χ0) is 23.9. The van der Waals surface area contributed by atoms with Crippen LogP contribution in [0.2, 0.25) is 0 Å². The molecule has 1 aliphatic rings. The number of hydrogen-bond acceptors (Lipinski definition) is 6. The van der Waals surface area contributed by atoms with Gasteiger partial charge in [0.25, 0.3) is 10.0 Å². The molecule has 176 valence electrons. The summed E-state index contributed by atoms with van der Waals surface area (Å²) >= 11 is 0. The van der Waals surface area contributed by atoms with Gasteiger partial charge in [0.2, 0.25) is 0 Å². The van der Waals surface area contributed by atoms with Crippen molar-refractivity contribution < 1.29 is 27.1 Å². The molecule has 5 rings (SSSR count). The monoisotopic (exact) mass is 479 g/mol. The largest absolute Gasteiger partial charge is 0.478 e. The van der Waals surface area contributed by atoms with E-state index in [-0.39, 0.29) is 16.8 Å². The molecular weight excluding hydrogens is 454 g/mol. The van der Waals surface area contributed by atoms with Crippen LogP contribution < -0.4 is 9.46 Å². The van der Waals surface area contributed by atoms with E-state index in [1.54, 1.807) is 30.3 Å². The number of sulfonamides is 1. The Bertz CT molecular complexity index is 1490. The number of aryl methyl sites for hydroxylation is 1. The standard InChI is InChI=1S/C26H25NO6S/c1-16(2)15-31-26(28)25-10-7-17-13-19(9-12-22(17)32-25)34(29,30)27-18-8-11-24-21(14-18)20-5-3-4-6-23(20)33-24/h3-6,8-9,11-14,16,25,27H,7,10,15H2,1-2H3. The van der Waals surface area contributed by atoms with Crippen molar-refractivity contribution in [1.29, 1.82) is 0 Å². The summed E-state index contributed by atoms with van der Waals surface area (Å²) in [7, 11) is -3.83. The summed E-state index contributed by atoms with van der Waals surface area (Å²) in [6, 6.07) is 17.5. The molecule has 8 heteroatoms. The maximum absolute atomic E-state index is 13.1. The molecule has 0 aliphatic carbocycles. The van der Waals surface area contributed by atoms with Gasteiger partial charge in [-0.05, 0) is 66.8 Å². The highest BCUT2D eigenvalue weighted by molar-refractivity contribution is 7.92. The van der Waals surface area contributed by atoms with Crippen molar-refractivity contribution >= 4 is 43.6 Å². The molecule has 1 N–H and O–H groups in total. The van der Waals surface area contributed by atoms with E-state index < -0.39 is 16.1 Å². The molecule has 0 saturated carbocycles. The molecular formula is C26H25NO6S. The lowest BCUT2D eigenvalue weighted by molar-refractivity contribution is -0.153. The second-order valence-corrected chi connectivity index (χ2v) is 10.5. The van der Waals surface area contributed by atoms with Gasteiger partial charge in [-0.2, -0.15) is 0 Å². The van der Waals surface area contributed by atoms with Crippen LogP contribution in [0, 0.1) is 5.92 Å². The van der Waals surface area contributed by atoms with Crippen LogP contribution in [0.5, 0.6) is 5.75 Å². The third kappa shape index (κ3) is 4.33. The number of carbonyl (C=O) groups excluding carboxylic acids is 1. The summed E-state index contributed by atoms with van der Waals surface area (Å²) in [5, 5.41) is 1.76. The lowest BCUT2D eigenvalue weighted by Crippen LogP contribution is -2.33. The minimum atomic E-state index is -3.83. The lowest BCUT2D eigenvalue weighted by atomic mass is 10.0. The molecule has 34 heavy (non-hydrogen) atoms. The average molecular weight is 480 g/mol. The van der Waals surface area contributed by atoms with Crippen LogP contribution in [0.1, 0.15) is 25.8 Å². The molecule has 7 nitrogen and oxygen atoms in total.